The molecule has 1 aromatic heterocycles. The first-order valence-electron chi connectivity index (χ1n) is 7.56. The third-order valence-corrected chi connectivity index (χ3v) is 4.48. The van der Waals surface area contributed by atoms with E-state index in [1.54, 1.807) is 0 Å². The van der Waals surface area contributed by atoms with Gasteiger partial charge in [0, 0.05) is 16.3 Å². The van der Waals surface area contributed by atoms with Crippen LogP contribution in [-0.4, -0.2) is 13.0 Å². The molecule has 2 heterocycles. The lowest BCUT2D eigenvalue weighted by Crippen LogP contribution is -2.33. The molecule has 0 atom stereocenters. The Labute approximate surface area is 135 Å². The van der Waals surface area contributed by atoms with E-state index in [-0.39, 0.29) is 0 Å². The van der Waals surface area contributed by atoms with E-state index in [2.05, 4.69) is 47.8 Å². The van der Waals surface area contributed by atoms with Crippen molar-refractivity contribution in [2.24, 2.45) is 0 Å². The van der Waals surface area contributed by atoms with Crippen LogP contribution in [0.15, 0.2) is 66.7 Å². The van der Waals surface area contributed by atoms with Gasteiger partial charge in [-0.05, 0) is 23.6 Å². The van der Waals surface area contributed by atoms with Crippen molar-refractivity contribution >= 4 is 41.0 Å². The van der Waals surface area contributed by atoms with Crippen molar-refractivity contribution in [2.75, 3.05) is 5.01 Å². The number of para-hydroxylation sites is 2. The van der Waals surface area contributed by atoms with Gasteiger partial charge in [-0.2, -0.15) is 0 Å². The molecule has 4 heteroatoms. The number of hydrazine groups is 1. The number of fused-ring (bicyclic) bond motifs is 4. The Kier molecular flexibility index (Phi) is 2.52. The number of hydrogen-bond acceptors (Lipinski definition) is 3. The Hall–Kier alpha value is -2.85. The summed E-state index contributed by atoms with van der Waals surface area (Å²) in [5.74, 6) is 0. The van der Waals surface area contributed by atoms with E-state index in [0.29, 0.717) is 0 Å². The fraction of sp³-hybridized carbons (Fsp3) is 0. The summed E-state index contributed by atoms with van der Waals surface area (Å²) < 4.78 is 0. The summed E-state index contributed by atoms with van der Waals surface area (Å²) in [4.78, 5) is 4.95. The van der Waals surface area contributed by atoms with Crippen molar-refractivity contribution in [3.63, 3.8) is 0 Å². The van der Waals surface area contributed by atoms with Crippen molar-refractivity contribution < 1.29 is 0 Å². The van der Waals surface area contributed by atoms with Crippen molar-refractivity contribution in [1.29, 1.82) is 0 Å². The highest BCUT2D eigenvalue weighted by atomic mass is 15.5. The van der Waals surface area contributed by atoms with Gasteiger partial charge in [-0.1, -0.05) is 48.5 Å². The van der Waals surface area contributed by atoms with Crippen molar-refractivity contribution in [1.82, 2.24) is 10.3 Å². The molecule has 0 saturated heterocycles. The van der Waals surface area contributed by atoms with Gasteiger partial charge in [-0.3, -0.25) is 10.3 Å². The lowest BCUT2D eigenvalue weighted by Gasteiger charge is -2.32. The molecule has 0 aliphatic carbocycles. The number of pyridine rings is 1. The molecule has 4 aromatic rings. The highest BCUT2D eigenvalue weighted by Gasteiger charge is 2.25. The molecule has 0 spiro atoms. The molecule has 2 radical (unpaired) electrons. The Morgan fingerprint density at radius 3 is 2.43 bits per heavy atom. The van der Waals surface area contributed by atoms with Gasteiger partial charge >= 0.3 is 0 Å². The predicted octanol–water partition coefficient (Wildman–Crippen LogP) is 4.09. The van der Waals surface area contributed by atoms with Crippen LogP contribution in [0.2, 0.25) is 0 Å². The molecule has 106 valence electrons. The number of nitrogens with zero attached hydrogens (tertiary/aromatic N) is 2. The largest absolute Gasteiger partial charge is 0.287 e. The zero-order valence-electron chi connectivity index (χ0n) is 12.3. The summed E-state index contributed by atoms with van der Waals surface area (Å²) in [5.41, 5.74) is 5.14. The second kappa shape index (κ2) is 4.57. The molecule has 3 aromatic carbocycles. The smallest absolute Gasteiger partial charge is 0.210 e. The summed E-state index contributed by atoms with van der Waals surface area (Å²) in [6.07, 6.45) is 0. The van der Waals surface area contributed by atoms with Crippen molar-refractivity contribution in [3.05, 3.63) is 66.7 Å². The van der Waals surface area contributed by atoms with E-state index in [0.717, 1.165) is 38.9 Å². The van der Waals surface area contributed by atoms with Crippen LogP contribution in [0.4, 0.5) is 11.4 Å². The third kappa shape index (κ3) is 1.61. The van der Waals surface area contributed by atoms with Gasteiger partial charge < -0.3 is 0 Å². The number of anilines is 2. The standard InChI is InChI=1S/C19H12BN3/c20-22-23-16-10-4-2-7-14(16)19-18-13(8-5-11-17(18)23)12-6-1-3-9-15(12)21-19/h1-11,22H. The molecule has 23 heavy (non-hydrogen) atoms. The topological polar surface area (TPSA) is 28.2 Å². The van der Waals surface area contributed by atoms with Crippen LogP contribution in [0.5, 0.6) is 0 Å². The molecule has 0 fully saturated rings. The van der Waals surface area contributed by atoms with Crippen LogP contribution in [0.25, 0.3) is 32.9 Å². The fourth-order valence-corrected chi connectivity index (χ4v) is 3.51. The maximum Gasteiger partial charge on any atom is 0.210 e. The average molecular weight is 293 g/mol. The van der Waals surface area contributed by atoms with E-state index in [1.165, 1.54) is 5.39 Å². The fourth-order valence-electron chi connectivity index (χ4n) is 3.51. The Morgan fingerprint density at radius 2 is 1.52 bits per heavy atom. The normalized spacial score (nSPS) is 12.6. The number of benzene rings is 3. The SMILES string of the molecule is [B]NN1c2ccccc2-c2nc3ccccc3c3cccc1c23. The maximum atomic E-state index is 5.82. The first-order valence-corrected chi connectivity index (χ1v) is 7.56. The second-order valence-corrected chi connectivity index (χ2v) is 5.66. The highest BCUT2D eigenvalue weighted by Crippen LogP contribution is 2.46. The zero-order chi connectivity index (χ0) is 15.4. The molecule has 0 amide bonds. The minimum Gasteiger partial charge on any atom is -0.287 e. The molecule has 1 aliphatic heterocycles. The average Bonchev–Trinajstić information content (AvgIpc) is 2.62. The van der Waals surface area contributed by atoms with Gasteiger partial charge in [0.1, 0.15) is 0 Å². The lowest BCUT2D eigenvalue weighted by molar-refractivity contribution is 0.980. The number of hydrogen-bond donors (Lipinski definition) is 1. The maximum absolute atomic E-state index is 5.82. The van der Waals surface area contributed by atoms with Crippen LogP contribution >= 0.6 is 0 Å². The molecule has 0 unspecified atom stereocenters. The quantitative estimate of drug-likeness (QED) is 0.423. The summed E-state index contributed by atoms with van der Waals surface area (Å²) in [7, 11) is 5.82. The first kappa shape index (κ1) is 12.7. The van der Waals surface area contributed by atoms with Gasteiger partial charge in [-0.25, -0.2) is 4.98 Å². The Morgan fingerprint density at radius 1 is 0.783 bits per heavy atom. The lowest BCUT2D eigenvalue weighted by atomic mass is 9.94. The van der Waals surface area contributed by atoms with E-state index in [1.807, 2.05) is 29.3 Å². The predicted molar refractivity (Wildman–Crippen MR) is 95.7 cm³/mol. The molecular formula is C19H12BN3. The van der Waals surface area contributed by atoms with Crippen LogP contribution in [0.1, 0.15) is 0 Å². The summed E-state index contributed by atoms with van der Waals surface area (Å²) in [6.45, 7) is 0. The minimum absolute atomic E-state index is 1.01. The van der Waals surface area contributed by atoms with E-state index in [9.17, 15) is 0 Å². The number of aromatic nitrogens is 1. The monoisotopic (exact) mass is 293 g/mol. The van der Waals surface area contributed by atoms with E-state index in [4.69, 9.17) is 13.0 Å². The summed E-state index contributed by atoms with van der Waals surface area (Å²) in [6, 6.07) is 22.7. The summed E-state index contributed by atoms with van der Waals surface area (Å²) >= 11 is 0. The van der Waals surface area contributed by atoms with E-state index >= 15 is 0 Å². The Bertz CT molecular complexity index is 1070. The minimum atomic E-state index is 1.01. The summed E-state index contributed by atoms with van der Waals surface area (Å²) in [5, 5.41) is 8.21. The number of nitrogens with one attached hydrogen (secondary N) is 1. The van der Waals surface area contributed by atoms with Crippen LogP contribution in [0, 0.1) is 0 Å². The molecule has 5 rings (SSSR count). The van der Waals surface area contributed by atoms with E-state index < -0.39 is 0 Å². The van der Waals surface area contributed by atoms with Gasteiger partial charge in [0.05, 0.1) is 22.6 Å². The zero-order valence-corrected chi connectivity index (χ0v) is 12.3. The molecule has 1 N–H and O–H groups in total. The second-order valence-electron chi connectivity index (χ2n) is 5.66. The van der Waals surface area contributed by atoms with Gasteiger partial charge in [0.15, 0.2) is 0 Å². The molecule has 3 nitrogen and oxygen atoms in total. The first-order chi connectivity index (χ1) is 11.4. The van der Waals surface area contributed by atoms with Crippen molar-refractivity contribution in [3.8, 4) is 11.3 Å². The van der Waals surface area contributed by atoms with Gasteiger partial charge in [-0.15, -0.1) is 0 Å². The number of rotatable bonds is 1. The molecule has 0 saturated carbocycles. The van der Waals surface area contributed by atoms with Crippen LogP contribution < -0.4 is 10.3 Å². The molecular weight excluding hydrogens is 281 g/mol. The molecule has 0 bridgehead atoms. The highest BCUT2D eigenvalue weighted by molar-refractivity contribution is 6.19. The van der Waals surface area contributed by atoms with Gasteiger partial charge in [0.2, 0.25) is 7.98 Å². The van der Waals surface area contributed by atoms with Crippen LogP contribution in [-0.2, 0) is 0 Å². The van der Waals surface area contributed by atoms with Crippen LogP contribution in [0.3, 0.4) is 0 Å². The molecule has 1 aliphatic rings. The van der Waals surface area contributed by atoms with Crippen molar-refractivity contribution in [2.45, 2.75) is 0 Å². The Balaban J connectivity index is 2.05. The third-order valence-electron chi connectivity index (χ3n) is 4.48. The van der Waals surface area contributed by atoms with Gasteiger partial charge in [0.25, 0.3) is 0 Å².